The zero-order valence-electron chi connectivity index (χ0n) is 25.0. The molecule has 8 N–H and O–H groups in total. The third kappa shape index (κ3) is 11.9. The topological polar surface area (TPSA) is 231 Å². The van der Waals surface area contributed by atoms with Gasteiger partial charge in [0.2, 0.25) is 5.91 Å². The maximum atomic E-state index is 12.9. The van der Waals surface area contributed by atoms with Crippen LogP contribution in [0.15, 0.2) is 29.1 Å². The molecular formula is C28H41N7O8Se. The molecule has 0 fully saturated rings. The summed E-state index contributed by atoms with van der Waals surface area (Å²) >= 11 is -0.336. The minimum atomic E-state index is -1.19. The summed E-state index contributed by atoms with van der Waals surface area (Å²) in [7, 11) is 0. The van der Waals surface area contributed by atoms with Gasteiger partial charge in [0.1, 0.15) is 12.1 Å². The van der Waals surface area contributed by atoms with Gasteiger partial charge in [0.05, 0.1) is 0 Å². The van der Waals surface area contributed by atoms with Crippen molar-refractivity contribution < 1.29 is 33.9 Å². The van der Waals surface area contributed by atoms with Gasteiger partial charge in [-0.05, 0) is 38.1 Å². The summed E-state index contributed by atoms with van der Waals surface area (Å²) in [6.07, 6.45) is 1.51. The number of amides is 5. The van der Waals surface area contributed by atoms with Crippen LogP contribution in [-0.4, -0.2) is 96.7 Å². The maximum absolute atomic E-state index is 12.9. The van der Waals surface area contributed by atoms with Crippen molar-refractivity contribution in [1.82, 2.24) is 30.1 Å². The minimum Gasteiger partial charge on any atom is -0.480 e. The van der Waals surface area contributed by atoms with Crippen LogP contribution in [0.2, 0.25) is 0 Å². The Balaban J connectivity index is 1.81. The second-order valence-corrected chi connectivity index (χ2v) is 12.9. The molecular weight excluding hydrogens is 641 g/mol. The van der Waals surface area contributed by atoms with Crippen molar-refractivity contribution in [2.45, 2.75) is 71.1 Å². The van der Waals surface area contributed by atoms with Gasteiger partial charge in [0.25, 0.3) is 0 Å². The number of carboxylic acid groups (broad SMARTS) is 1. The monoisotopic (exact) mass is 683 g/mol. The van der Waals surface area contributed by atoms with E-state index in [1.54, 1.807) is 12.1 Å². The number of aromatic nitrogens is 1. The number of rotatable bonds is 18. The van der Waals surface area contributed by atoms with Gasteiger partial charge in [-0.25, -0.2) is 4.79 Å². The maximum Gasteiger partial charge on any atom is 0.326 e. The molecule has 242 valence electrons. The number of fused-ring (bicyclic) bond motifs is 1. The van der Waals surface area contributed by atoms with Crippen LogP contribution in [0.1, 0.15) is 46.5 Å². The largest absolute Gasteiger partial charge is 0.480 e. The second kappa shape index (κ2) is 17.9. The van der Waals surface area contributed by atoms with Crippen molar-refractivity contribution in [3.8, 4) is 0 Å². The predicted molar refractivity (Wildman–Crippen MR) is 163 cm³/mol. The summed E-state index contributed by atoms with van der Waals surface area (Å²) < 4.78 is 2.30. The molecule has 5 amide bonds. The number of nitrogens with zero attached hydrogens (tertiary/aromatic N) is 1. The predicted octanol–water partition coefficient (Wildman–Crippen LogP) is -1.98. The van der Waals surface area contributed by atoms with Gasteiger partial charge < -0.3 is 21.5 Å². The quantitative estimate of drug-likeness (QED) is 0.0682. The Morgan fingerprint density at radius 3 is 2.14 bits per heavy atom. The van der Waals surface area contributed by atoms with E-state index in [2.05, 4.69) is 26.6 Å². The standard InChI is InChI=1S/C28H41N7O8Se/c1-16(2)12-20(28(42)43)34-26(40)19(9-6-7-11-29)33-25(39)17(3)32-23(37)14-30-22(36)13-31-24(38)15-35-27(41)18-8-4-5-10-21(18)44-35/h4-5,8,10,16-17,19-20H,6-7,9,11-15,29H2,1-3H3,(H,30,36)(H,31,38)(H,32,37)(H,33,39)(H,34,40)(H,42,43)/t17-,19-,20-/m1/s1. The number of nitrogens with one attached hydrogen (secondary N) is 5. The number of nitrogens with two attached hydrogens (primary N) is 1. The van der Waals surface area contributed by atoms with Crippen LogP contribution in [-0.2, 0) is 35.3 Å². The van der Waals surface area contributed by atoms with Crippen LogP contribution < -0.4 is 37.9 Å². The molecule has 0 saturated heterocycles. The fourth-order valence-electron chi connectivity index (χ4n) is 4.11. The van der Waals surface area contributed by atoms with Crippen LogP contribution >= 0.6 is 0 Å². The van der Waals surface area contributed by atoms with Crippen molar-refractivity contribution in [2.24, 2.45) is 11.7 Å². The Labute approximate surface area is 260 Å². The molecule has 0 aliphatic carbocycles. The fourth-order valence-corrected chi connectivity index (χ4v) is 6.19. The average Bonchev–Trinajstić information content (AvgIpc) is 3.28. The van der Waals surface area contributed by atoms with E-state index >= 15 is 0 Å². The first kappa shape index (κ1) is 36.2. The number of hydrogen-bond donors (Lipinski definition) is 7. The van der Waals surface area contributed by atoms with Crippen molar-refractivity contribution in [1.29, 1.82) is 0 Å². The summed E-state index contributed by atoms with van der Waals surface area (Å²) in [6, 6.07) is 3.84. The molecule has 1 aromatic carbocycles. The smallest absolute Gasteiger partial charge is 0.326 e. The van der Waals surface area contributed by atoms with Gasteiger partial charge in [-0.1, -0.05) is 13.8 Å². The first-order valence-corrected chi connectivity index (χ1v) is 15.9. The van der Waals surface area contributed by atoms with E-state index in [9.17, 15) is 38.7 Å². The van der Waals surface area contributed by atoms with Gasteiger partial charge in [0.15, 0.2) is 0 Å². The molecule has 0 aliphatic rings. The first-order valence-electron chi connectivity index (χ1n) is 14.3. The van der Waals surface area contributed by atoms with Crippen LogP contribution in [0.3, 0.4) is 0 Å². The van der Waals surface area contributed by atoms with Crippen LogP contribution in [0.4, 0.5) is 0 Å². The molecule has 3 atom stereocenters. The van der Waals surface area contributed by atoms with E-state index in [1.165, 1.54) is 10.5 Å². The van der Waals surface area contributed by atoms with Crippen LogP contribution in [0.5, 0.6) is 0 Å². The van der Waals surface area contributed by atoms with E-state index in [0.29, 0.717) is 24.8 Å². The second-order valence-electron chi connectivity index (χ2n) is 10.6. The fraction of sp³-hybridized carbons (Fsp3) is 0.536. The number of carbonyl (C=O) groups is 6. The van der Waals surface area contributed by atoms with E-state index in [-0.39, 0.29) is 45.6 Å². The molecule has 15 nitrogen and oxygen atoms in total. The van der Waals surface area contributed by atoms with Gasteiger partial charge in [-0.15, -0.1) is 0 Å². The molecule has 1 aromatic heterocycles. The Hall–Kier alpha value is -4.01. The molecule has 0 unspecified atom stereocenters. The SMILES string of the molecule is CC(C)C[C@@H](NC(=O)[C@@H](CCCCN)NC(=O)[C@@H](C)NC(=O)CNC(=O)CNC(=O)Cn1[se]c2ccccc2c1=O)C(=O)O. The molecule has 0 spiro atoms. The molecule has 44 heavy (non-hydrogen) atoms. The number of unbranched alkanes of at least 4 members (excludes halogenated alkanes) is 1. The van der Waals surface area contributed by atoms with Crippen molar-refractivity contribution in [3.05, 3.63) is 34.6 Å². The summed E-state index contributed by atoms with van der Waals surface area (Å²) in [5, 5.41) is 22.2. The molecule has 0 radical (unpaired) electrons. The number of aliphatic carboxylic acids is 1. The third-order valence-electron chi connectivity index (χ3n) is 6.40. The molecule has 2 rings (SSSR count). The summed E-state index contributed by atoms with van der Waals surface area (Å²) in [4.78, 5) is 86.3. The molecule has 16 heteroatoms. The van der Waals surface area contributed by atoms with E-state index < -0.39 is 66.7 Å². The van der Waals surface area contributed by atoms with E-state index in [1.807, 2.05) is 26.0 Å². The van der Waals surface area contributed by atoms with Gasteiger partial charge in [-0.2, -0.15) is 0 Å². The number of carboxylic acids is 1. The van der Waals surface area contributed by atoms with Crippen molar-refractivity contribution in [3.63, 3.8) is 0 Å². The molecule has 1 heterocycles. The molecule has 0 aliphatic heterocycles. The minimum absolute atomic E-state index is 0.00781. The van der Waals surface area contributed by atoms with Gasteiger partial charge in [-0.3, -0.25) is 9.59 Å². The Bertz CT molecular complexity index is 1390. The van der Waals surface area contributed by atoms with E-state index in [0.717, 1.165) is 4.26 Å². The zero-order chi connectivity index (χ0) is 32.8. The first-order chi connectivity index (χ1) is 20.8. The average molecular weight is 683 g/mol. The van der Waals surface area contributed by atoms with Crippen molar-refractivity contribution in [2.75, 3.05) is 19.6 Å². The summed E-state index contributed by atoms with van der Waals surface area (Å²) in [6.45, 7) is 4.32. The molecule has 0 saturated carbocycles. The summed E-state index contributed by atoms with van der Waals surface area (Å²) in [5.41, 5.74) is 5.29. The number of carbonyl (C=O) groups excluding carboxylic acids is 5. The van der Waals surface area contributed by atoms with Crippen LogP contribution in [0, 0.1) is 5.92 Å². The Morgan fingerprint density at radius 2 is 1.50 bits per heavy atom. The number of hydrogen-bond acceptors (Lipinski definition) is 8. The van der Waals surface area contributed by atoms with Crippen LogP contribution in [0.25, 0.3) is 9.65 Å². The third-order valence-corrected chi connectivity index (χ3v) is 8.65. The van der Waals surface area contributed by atoms with Crippen molar-refractivity contribution >= 4 is 59.9 Å². The van der Waals surface area contributed by atoms with E-state index in [4.69, 9.17) is 5.73 Å². The van der Waals surface area contributed by atoms with Gasteiger partial charge in [0, 0.05) is 0 Å². The van der Waals surface area contributed by atoms with Gasteiger partial charge >= 0.3 is 155 Å². The number of benzene rings is 1. The summed E-state index contributed by atoms with van der Waals surface area (Å²) in [5.74, 6) is -4.39. The Morgan fingerprint density at radius 1 is 0.864 bits per heavy atom. The molecule has 2 aromatic rings. The molecule has 0 bridgehead atoms. The Kier molecular flexibility index (Phi) is 14.8. The zero-order valence-corrected chi connectivity index (χ0v) is 26.7. The normalized spacial score (nSPS) is 13.0.